The van der Waals surface area contributed by atoms with Gasteiger partial charge in [-0.25, -0.2) is 4.98 Å². The lowest BCUT2D eigenvalue weighted by Gasteiger charge is -2.30. The topological polar surface area (TPSA) is 40.4 Å². The number of rotatable bonds is 12. The minimum absolute atomic E-state index is 0.979. The van der Waals surface area contributed by atoms with Crippen LogP contribution in [0.1, 0.15) is 27.7 Å². The summed E-state index contributed by atoms with van der Waals surface area (Å²) in [6, 6.07) is 10.9. The molecule has 0 aliphatic rings. The molecule has 0 saturated heterocycles. The first-order chi connectivity index (χ1) is 15.1. The number of nitrogens with zero attached hydrogens (tertiary/aromatic N) is 6. The number of pyridine rings is 1. The van der Waals surface area contributed by atoms with E-state index in [4.69, 9.17) is 4.98 Å². The van der Waals surface area contributed by atoms with E-state index in [1.807, 2.05) is 12.3 Å². The van der Waals surface area contributed by atoms with E-state index in [0.29, 0.717) is 0 Å². The fraction of sp³-hybridized carbons (Fsp3) is 0.520. The number of fused-ring (bicyclic) bond motifs is 1. The highest BCUT2D eigenvalue weighted by molar-refractivity contribution is 5.79. The van der Waals surface area contributed by atoms with Gasteiger partial charge in [0.15, 0.2) is 0 Å². The third-order valence-corrected chi connectivity index (χ3v) is 6.33. The van der Waals surface area contributed by atoms with Gasteiger partial charge < -0.3 is 19.3 Å². The van der Waals surface area contributed by atoms with Gasteiger partial charge in [-0.1, -0.05) is 27.7 Å². The predicted octanol–water partition coefficient (Wildman–Crippen LogP) is 4.13. The van der Waals surface area contributed by atoms with Crippen LogP contribution in [0.2, 0.25) is 0 Å². The maximum atomic E-state index is 4.82. The molecule has 31 heavy (non-hydrogen) atoms. The predicted molar refractivity (Wildman–Crippen MR) is 132 cm³/mol. The first-order valence-electron chi connectivity index (χ1n) is 11.7. The summed E-state index contributed by atoms with van der Waals surface area (Å²) >= 11 is 0. The highest BCUT2D eigenvalue weighted by Gasteiger charge is 2.13. The van der Waals surface area contributed by atoms with Gasteiger partial charge in [0.1, 0.15) is 5.82 Å². The van der Waals surface area contributed by atoms with Crippen molar-refractivity contribution in [2.45, 2.75) is 27.7 Å². The largest absolute Gasteiger partial charge is 0.369 e. The Bertz CT molecular complexity index is 909. The van der Waals surface area contributed by atoms with E-state index < -0.39 is 0 Å². The fourth-order valence-electron chi connectivity index (χ4n) is 4.09. The summed E-state index contributed by atoms with van der Waals surface area (Å²) in [6.07, 6.45) is 3.67. The molecule has 6 heteroatoms. The van der Waals surface area contributed by atoms with E-state index in [1.165, 1.54) is 5.69 Å². The molecule has 0 aliphatic heterocycles. The lowest BCUT2D eigenvalue weighted by atomic mass is 10.1. The SMILES string of the molecule is CCN(CC)CCN(CCN(CC)CC)c1ccc(-c2nc3ccncc3n2C)cc1. The van der Waals surface area contributed by atoms with E-state index in [0.717, 1.165) is 74.8 Å². The number of likely N-dealkylation sites (N-methyl/N-ethyl adjacent to an activating group) is 2. The molecule has 3 aromatic rings. The highest BCUT2D eigenvalue weighted by Crippen LogP contribution is 2.25. The summed E-state index contributed by atoms with van der Waals surface area (Å²) < 4.78 is 2.12. The maximum Gasteiger partial charge on any atom is 0.140 e. The van der Waals surface area contributed by atoms with Crippen molar-refractivity contribution in [3.63, 3.8) is 0 Å². The van der Waals surface area contributed by atoms with Crippen LogP contribution in [-0.4, -0.2) is 76.7 Å². The second-order valence-electron chi connectivity index (χ2n) is 7.95. The first kappa shape index (κ1) is 23.2. The molecular weight excluding hydrogens is 384 g/mol. The Morgan fingerprint density at radius 2 is 1.35 bits per heavy atom. The highest BCUT2D eigenvalue weighted by atomic mass is 15.2. The van der Waals surface area contributed by atoms with E-state index in [2.05, 4.69) is 83.3 Å². The van der Waals surface area contributed by atoms with Crippen molar-refractivity contribution in [3.05, 3.63) is 42.7 Å². The lowest BCUT2D eigenvalue weighted by molar-refractivity contribution is 0.294. The second-order valence-corrected chi connectivity index (χ2v) is 7.95. The van der Waals surface area contributed by atoms with Crippen LogP contribution in [0, 0.1) is 0 Å². The molecular formula is C25H38N6. The number of imidazole rings is 1. The summed E-state index contributed by atoms with van der Waals surface area (Å²) in [4.78, 5) is 16.6. The van der Waals surface area contributed by atoms with Gasteiger partial charge in [0.2, 0.25) is 0 Å². The summed E-state index contributed by atoms with van der Waals surface area (Å²) in [5, 5.41) is 0. The molecule has 1 aromatic carbocycles. The number of anilines is 1. The Morgan fingerprint density at radius 1 is 0.774 bits per heavy atom. The molecule has 0 bridgehead atoms. The van der Waals surface area contributed by atoms with Gasteiger partial charge in [0, 0.05) is 50.7 Å². The van der Waals surface area contributed by atoms with Crippen molar-refractivity contribution in [2.24, 2.45) is 7.05 Å². The summed E-state index contributed by atoms with van der Waals surface area (Å²) in [6.45, 7) is 17.6. The van der Waals surface area contributed by atoms with Crippen molar-refractivity contribution >= 4 is 16.7 Å². The van der Waals surface area contributed by atoms with Crippen LogP contribution in [0.4, 0.5) is 5.69 Å². The van der Waals surface area contributed by atoms with Gasteiger partial charge in [-0.2, -0.15) is 0 Å². The molecule has 0 unspecified atom stereocenters. The zero-order chi connectivity index (χ0) is 22.2. The number of benzene rings is 1. The quantitative estimate of drug-likeness (QED) is 0.439. The van der Waals surface area contributed by atoms with Gasteiger partial charge in [0.25, 0.3) is 0 Å². The molecule has 0 fully saturated rings. The van der Waals surface area contributed by atoms with Crippen LogP contribution in [-0.2, 0) is 7.05 Å². The zero-order valence-electron chi connectivity index (χ0n) is 19.9. The molecule has 2 heterocycles. The Hall–Kier alpha value is -2.44. The second kappa shape index (κ2) is 11.3. The lowest BCUT2D eigenvalue weighted by Crippen LogP contribution is -2.39. The van der Waals surface area contributed by atoms with Gasteiger partial charge in [-0.3, -0.25) is 4.98 Å². The third kappa shape index (κ3) is 5.63. The average Bonchev–Trinajstić information content (AvgIpc) is 3.15. The standard InChI is InChI=1S/C25H38N6/c1-6-29(7-2)16-18-31(19-17-30(8-3)9-4)22-12-10-21(11-13-22)25-27-23-14-15-26-20-24(23)28(25)5/h10-15,20H,6-9,16-19H2,1-5H3. The van der Waals surface area contributed by atoms with Gasteiger partial charge >= 0.3 is 0 Å². The van der Waals surface area contributed by atoms with E-state index >= 15 is 0 Å². The minimum atomic E-state index is 0.979. The molecule has 0 spiro atoms. The Labute approximate surface area is 187 Å². The molecule has 0 aliphatic carbocycles. The van der Waals surface area contributed by atoms with Gasteiger partial charge in [-0.05, 0) is 56.5 Å². The minimum Gasteiger partial charge on any atom is -0.369 e. The molecule has 3 rings (SSSR count). The van der Waals surface area contributed by atoms with Gasteiger partial charge in [0.05, 0.1) is 17.2 Å². The van der Waals surface area contributed by atoms with Crippen molar-refractivity contribution in [1.29, 1.82) is 0 Å². The number of hydrogen-bond acceptors (Lipinski definition) is 5. The average molecular weight is 423 g/mol. The summed E-state index contributed by atoms with van der Waals surface area (Å²) in [5.41, 5.74) is 4.46. The van der Waals surface area contributed by atoms with Gasteiger partial charge in [-0.15, -0.1) is 0 Å². The van der Waals surface area contributed by atoms with Crippen molar-refractivity contribution in [2.75, 3.05) is 57.3 Å². The molecule has 0 radical (unpaired) electrons. The van der Waals surface area contributed by atoms with E-state index in [9.17, 15) is 0 Å². The Balaban J connectivity index is 1.80. The van der Waals surface area contributed by atoms with Crippen LogP contribution in [0.15, 0.2) is 42.7 Å². The smallest absolute Gasteiger partial charge is 0.140 e. The molecule has 6 nitrogen and oxygen atoms in total. The Kier molecular flexibility index (Phi) is 8.43. The first-order valence-corrected chi connectivity index (χ1v) is 11.7. The van der Waals surface area contributed by atoms with Crippen LogP contribution in [0.25, 0.3) is 22.4 Å². The van der Waals surface area contributed by atoms with Crippen LogP contribution >= 0.6 is 0 Å². The van der Waals surface area contributed by atoms with E-state index in [-0.39, 0.29) is 0 Å². The monoisotopic (exact) mass is 422 g/mol. The van der Waals surface area contributed by atoms with Crippen molar-refractivity contribution in [3.8, 4) is 11.4 Å². The van der Waals surface area contributed by atoms with Crippen molar-refractivity contribution < 1.29 is 0 Å². The van der Waals surface area contributed by atoms with Crippen molar-refractivity contribution in [1.82, 2.24) is 24.3 Å². The Morgan fingerprint density at radius 3 is 1.87 bits per heavy atom. The molecule has 168 valence electrons. The molecule has 0 N–H and O–H groups in total. The molecule has 0 atom stereocenters. The number of aromatic nitrogens is 3. The number of hydrogen-bond donors (Lipinski definition) is 0. The van der Waals surface area contributed by atoms with Crippen LogP contribution in [0.3, 0.4) is 0 Å². The van der Waals surface area contributed by atoms with E-state index in [1.54, 1.807) is 6.20 Å². The molecule has 0 amide bonds. The normalized spacial score (nSPS) is 11.7. The molecule has 2 aromatic heterocycles. The summed E-state index contributed by atoms with van der Waals surface area (Å²) in [7, 11) is 2.06. The zero-order valence-corrected chi connectivity index (χ0v) is 19.9. The number of aryl methyl sites for hydroxylation is 1. The molecule has 0 saturated carbocycles. The third-order valence-electron chi connectivity index (χ3n) is 6.33. The summed E-state index contributed by atoms with van der Waals surface area (Å²) in [5.74, 6) is 0.979. The van der Waals surface area contributed by atoms with Crippen LogP contribution < -0.4 is 4.90 Å². The fourth-order valence-corrected chi connectivity index (χ4v) is 4.09. The maximum absolute atomic E-state index is 4.82. The van der Waals surface area contributed by atoms with Crippen LogP contribution in [0.5, 0.6) is 0 Å².